The van der Waals surface area contributed by atoms with Crippen molar-refractivity contribution in [3.8, 4) is 17.9 Å². The van der Waals surface area contributed by atoms with E-state index in [1.54, 1.807) is 30.1 Å². The summed E-state index contributed by atoms with van der Waals surface area (Å²) in [5, 5.41) is 8.66. The first kappa shape index (κ1) is 14.8. The number of amides is 1. The molecule has 1 rings (SSSR count). The molecule has 0 fully saturated rings. The summed E-state index contributed by atoms with van der Waals surface area (Å²) >= 11 is 0. The van der Waals surface area contributed by atoms with Crippen molar-refractivity contribution in [3.05, 3.63) is 35.4 Å². The molecular weight excluding hydrogens is 238 g/mol. The van der Waals surface area contributed by atoms with Crippen LogP contribution in [0.15, 0.2) is 24.3 Å². The van der Waals surface area contributed by atoms with Crippen molar-refractivity contribution in [1.29, 1.82) is 5.26 Å². The van der Waals surface area contributed by atoms with E-state index in [0.29, 0.717) is 12.0 Å². The molecule has 0 aromatic heterocycles. The Balaban J connectivity index is 2.91. The standard InChI is InChI=1S/C15H17N3O/c1-12(8-10-17)18(2)15(19)14-7-3-5-13(11-14)6-4-9-16/h3,5,7,11-12H,8-9,16H2,1-2H3. The molecule has 0 heterocycles. The third-order valence-electron chi connectivity index (χ3n) is 2.81. The summed E-state index contributed by atoms with van der Waals surface area (Å²) in [6.07, 6.45) is 0.314. The number of carbonyl (C=O) groups excluding carboxylic acids is 1. The van der Waals surface area contributed by atoms with E-state index in [1.807, 2.05) is 13.0 Å². The highest BCUT2D eigenvalue weighted by Gasteiger charge is 2.17. The minimum atomic E-state index is -0.115. The van der Waals surface area contributed by atoms with Crippen LogP contribution in [0.25, 0.3) is 0 Å². The van der Waals surface area contributed by atoms with Gasteiger partial charge in [-0.15, -0.1) is 0 Å². The summed E-state index contributed by atoms with van der Waals surface area (Å²) < 4.78 is 0. The van der Waals surface area contributed by atoms with Crippen LogP contribution in [0.3, 0.4) is 0 Å². The Labute approximate surface area is 113 Å². The van der Waals surface area contributed by atoms with E-state index in [9.17, 15) is 4.79 Å². The fourth-order valence-corrected chi connectivity index (χ4v) is 1.56. The summed E-state index contributed by atoms with van der Waals surface area (Å²) in [7, 11) is 1.70. The molecule has 0 spiro atoms. The lowest BCUT2D eigenvalue weighted by molar-refractivity contribution is 0.0746. The van der Waals surface area contributed by atoms with Gasteiger partial charge in [-0.05, 0) is 25.1 Å². The highest BCUT2D eigenvalue weighted by Crippen LogP contribution is 2.10. The Morgan fingerprint density at radius 2 is 2.26 bits per heavy atom. The van der Waals surface area contributed by atoms with E-state index in [-0.39, 0.29) is 18.5 Å². The number of benzene rings is 1. The monoisotopic (exact) mass is 255 g/mol. The number of nitrogens with two attached hydrogens (primary N) is 1. The molecule has 0 saturated heterocycles. The molecule has 2 N–H and O–H groups in total. The van der Waals surface area contributed by atoms with Gasteiger partial charge in [0.1, 0.15) is 0 Å². The van der Waals surface area contributed by atoms with Gasteiger partial charge in [0.05, 0.1) is 19.0 Å². The van der Waals surface area contributed by atoms with Gasteiger partial charge < -0.3 is 10.6 Å². The van der Waals surface area contributed by atoms with Crippen LogP contribution in [0.2, 0.25) is 0 Å². The van der Waals surface area contributed by atoms with Crippen LogP contribution in [0.5, 0.6) is 0 Å². The lowest BCUT2D eigenvalue weighted by Crippen LogP contribution is -2.34. The third-order valence-corrected chi connectivity index (χ3v) is 2.81. The van der Waals surface area contributed by atoms with Crippen LogP contribution in [0, 0.1) is 23.2 Å². The van der Waals surface area contributed by atoms with Gasteiger partial charge in [-0.1, -0.05) is 17.9 Å². The lowest BCUT2D eigenvalue weighted by atomic mass is 10.1. The second kappa shape index (κ2) is 7.20. The Morgan fingerprint density at radius 3 is 2.89 bits per heavy atom. The Kier molecular flexibility index (Phi) is 5.60. The van der Waals surface area contributed by atoms with Gasteiger partial charge >= 0.3 is 0 Å². The van der Waals surface area contributed by atoms with Crippen molar-refractivity contribution in [3.63, 3.8) is 0 Å². The summed E-state index contributed by atoms with van der Waals surface area (Å²) in [6, 6.07) is 9.05. The fourth-order valence-electron chi connectivity index (χ4n) is 1.56. The van der Waals surface area contributed by atoms with E-state index >= 15 is 0 Å². The first-order valence-electron chi connectivity index (χ1n) is 6.03. The molecule has 0 aliphatic heterocycles. The second-order valence-electron chi connectivity index (χ2n) is 4.21. The number of hydrogen-bond donors (Lipinski definition) is 1. The van der Waals surface area contributed by atoms with Gasteiger partial charge in [0.25, 0.3) is 5.91 Å². The number of rotatable bonds is 3. The Hall–Kier alpha value is -2.30. The predicted molar refractivity (Wildman–Crippen MR) is 74.2 cm³/mol. The fraction of sp³-hybridized carbons (Fsp3) is 0.333. The predicted octanol–water partition coefficient (Wildman–Crippen LogP) is 1.37. The number of nitriles is 1. The van der Waals surface area contributed by atoms with Gasteiger partial charge in [-0.25, -0.2) is 0 Å². The van der Waals surface area contributed by atoms with Crippen molar-refractivity contribution in [2.24, 2.45) is 5.73 Å². The number of hydrogen-bond acceptors (Lipinski definition) is 3. The van der Waals surface area contributed by atoms with Gasteiger partial charge in [-0.2, -0.15) is 5.26 Å². The summed E-state index contributed by atoms with van der Waals surface area (Å²) in [5.74, 6) is 5.54. The maximum atomic E-state index is 12.2. The molecule has 0 bridgehead atoms. The molecule has 4 heteroatoms. The zero-order chi connectivity index (χ0) is 14.3. The summed E-state index contributed by atoms with van der Waals surface area (Å²) in [6.45, 7) is 2.14. The molecule has 0 aliphatic carbocycles. The molecule has 1 aromatic rings. The first-order valence-corrected chi connectivity index (χ1v) is 6.03. The molecule has 1 atom stereocenters. The van der Waals surface area contributed by atoms with Gasteiger partial charge in [0.15, 0.2) is 0 Å². The van der Waals surface area contributed by atoms with Crippen molar-refractivity contribution in [2.75, 3.05) is 13.6 Å². The second-order valence-corrected chi connectivity index (χ2v) is 4.21. The molecule has 19 heavy (non-hydrogen) atoms. The van der Waals surface area contributed by atoms with Gasteiger partial charge in [-0.3, -0.25) is 4.79 Å². The summed E-state index contributed by atoms with van der Waals surface area (Å²) in [4.78, 5) is 13.8. The molecule has 1 aromatic carbocycles. The smallest absolute Gasteiger partial charge is 0.253 e. The highest BCUT2D eigenvalue weighted by molar-refractivity contribution is 5.94. The molecule has 1 unspecified atom stereocenters. The average Bonchev–Trinajstić information content (AvgIpc) is 2.44. The third kappa shape index (κ3) is 4.13. The summed E-state index contributed by atoms with van der Waals surface area (Å²) in [5.41, 5.74) is 6.64. The average molecular weight is 255 g/mol. The van der Waals surface area contributed by atoms with Crippen molar-refractivity contribution in [1.82, 2.24) is 4.90 Å². The van der Waals surface area contributed by atoms with E-state index in [4.69, 9.17) is 11.0 Å². The minimum Gasteiger partial charge on any atom is -0.338 e. The van der Waals surface area contributed by atoms with Crippen LogP contribution >= 0.6 is 0 Å². The van der Waals surface area contributed by atoms with Gasteiger partial charge in [0, 0.05) is 24.2 Å². The van der Waals surface area contributed by atoms with Crippen molar-refractivity contribution < 1.29 is 4.79 Å². The zero-order valence-electron chi connectivity index (χ0n) is 11.2. The van der Waals surface area contributed by atoms with Crippen LogP contribution in [-0.2, 0) is 0 Å². The quantitative estimate of drug-likeness (QED) is 0.829. The Morgan fingerprint density at radius 1 is 1.53 bits per heavy atom. The number of nitrogens with zero attached hydrogens (tertiary/aromatic N) is 2. The largest absolute Gasteiger partial charge is 0.338 e. The lowest BCUT2D eigenvalue weighted by Gasteiger charge is -2.23. The molecule has 4 nitrogen and oxygen atoms in total. The van der Waals surface area contributed by atoms with Crippen LogP contribution in [0.1, 0.15) is 29.3 Å². The molecule has 0 aliphatic rings. The molecule has 0 saturated carbocycles. The molecule has 0 radical (unpaired) electrons. The molecule has 1 amide bonds. The van der Waals surface area contributed by atoms with Crippen molar-refractivity contribution >= 4 is 5.91 Å². The zero-order valence-corrected chi connectivity index (χ0v) is 11.2. The normalized spacial score (nSPS) is 10.8. The van der Waals surface area contributed by atoms with E-state index < -0.39 is 0 Å². The first-order chi connectivity index (χ1) is 9.10. The molecule has 98 valence electrons. The van der Waals surface area contributed by atoms with Crippen LogP contribution in [-0.4, -0.2) is 30.4 Å². The van der Waals surface area contributed by atoms with Crippen LogP contribution < -0.4 is 5.73 Å². The van der Waals surface area contributed by atoms with E-state index in [1.165, 1.54) is 0 Å². The maximum absolute atomic E-state index is 12.2. The minimum absolute atomic E-state index is 0.112. The van der Waals surface area contributed by atoms with Crippen LogP contribution in [0.4, 0.5) is 0 Å². The van der Waals surface area contributed by atoms with E-state index in [0.717, 1.165) is 5.56 Å². The maximum Gasteiger partial charge on any atom is 0.253 e. The Bertz CT molecular complexity index is 548. The van der Waals surface area contributed by atoms with Gasteiger partial charge in [0.2, 0.25) is 0 Å². The highest BCUT2D eigenvalue weighted by atomic mass is 16.2. The van der Waals surface area contributed by atoms with E-state index in [2.05, 4.69) is 17.9 Å². The molecular formula is C15H17N3O. The number of carbonyl (C=O) groups is 1. The van der Waals surface area contributed by atoms with Crippen molar-refractivity contribution in [2.45, 2.75) is 19.4 Å². The topological polar surface area (TPSA) is 70.1 Å². The SMILES string of the molecule is CC(CC#N)N(C)C(=O)c1cccc(C#CCN)c1.